The van der Waals surface area contributed by atoms with Gasteiger partial charge in [0, 0.05) is 30.7 Å². The molecule has 2 atom stereocenters. The van der Waals surface area contributed by atoms with Crippen molar-refractivity contribution >= 4 is 0 Å². The number of aromatic nitrogens is 2. The lowest BCUT2D eigenvalue weighted by molar-refractivity contribution is 0.00510. The van der Waals surface area contributed by atoms with Crippen molar-refractivity contribution in [3.05, 3.63) is 17.5 Å². The van der Waals surface area contributed by atoms with E-state index in [0.717, 1.165) is 26.1 Å². The first-order chi connectivity index (χ1) is 7.33. The van der Waals surface area contributed by atoms with Gasteiger partial charge in [-0.05, 0) is 6.42 Å². The summed E-state index contributed by atoms with van der Waals surface area (Å²) in [5.41, 5.74) is 8.46. The molecule has 0 aromatic carbocycles. The number of ether oxygens (including phenoxy) is 1. The lowest BCUT2D eigenvalue weighted by atomic mass is 10.1. The van der Waals surface area contributed by atoms with Crippen molar-refractivity contribution in [2.45, 2.75) is 31.6 Å². The predicted octanol–water partition coefficient (Wildman–Crippen LogP) is -0.159. The number of hydrogen-bond acceptors (Lipinski definition) is 4. The third kappa shape index (κ3) is 1.67. The second-order valence-electron chi connectivity index (χ2n) is 4.47. The van der Waals surface area contributed by atoms with E-state index in [9.17, 15) is 0 Å². The number of nitrogens with two attached hydrogens (primary N) is 1. The Hall–Kier alpha value is -0.910. The van der Waals surface area contributed by atoms with E-state index in [1.165, 1.54) is 11.3 Å². The molecule has 0 radical (unpaired) electrons. The van der Waals surface area contributed by atoms with Crippen LogP contribution in [0.4, 0.5) is 0 Å². The Morgan fingerprint density at radius 3 is 3.20 bits per heavy atom. The topological polar surface area (TPSA) is 67.2 Å². The highest BCUT2D eigenvalue weighted by Crippen LogP contribution is 2.25. The van der Waals surface area contributed by atoms with Gasteiger partial charge in [0.05, 0.1) is 25.1 Å². The molecule has 0 amide bonds. The molecule has 3 N–H and O–H groups in total. The SMILES string of the molecule is N[C@@H]1COC[C@H](N2Cc3cn[nH]c3C2)C1. The summed E-state index contributed by atoms with van der Waals surface area (Å²) in [6.07, 6.45) is 2.96. The van der Waals surface area contributed by atoms with Gasteiger partial charge in [0.1, 0.15) is 0 Å². The van der Waals surface area contributed by atoms with Crippen molar-refractivity contribution in [3.63, 3.8) is 0 Å². The van der Waals surface area contributed by atoms with Crippen LogP contribution >= 0.6 is 0 Å². The normalized spacial score (nSPS) is 31.8. The first-order valence-corrected chi connectivity index (χ1v) is 5.41. The summed E-state index contributed by atoms with van der Waals surface area (Å²) in [5.74, 6) is 0. The zero-order valence-electron chi connectivity index (χ0n) is 8.65. The molecule has 2 aliphatic heterocycles. The van der Waals surface area contributed by atoms with E-state index in [0.29, 0.717) is 12.6 Å². The average Bonchev–Trinajstić information content (AvgIpc) is 2.76. The molecule has 82 valence electrons. The quantitative estimate of drug-likeness (QED) is 0.673. The Labute approximate surface area is 88.6 Å². The molecule has 0 aliphatic carbocycles. The van der Waals surface area contributed by atoms with Gasteiger partial charge in [-0.25, -0.2) is 0 Å². The monoisotopic (exact) mass is 208 g/mol. The van der Waals surface area contributed by atoms with E-state index < -0.39 is 0 Å². The van der Waals surface area contributed by atoms with Crippen LogP contribution in [-0.2, 0) is 17.8 Å². The van der Waals surface area contributed by atoms with Crippen LogP contribution in [0.1, 0.15) is 17.7 Å². The molecule has 1 saturated heterocycles. The summed E-state index contributed by atoms with van der Waals surface area (Å²) >= 11 is 0. The number of fused-ring (bicyclic) bond motifs is 1. The first kappa shape index (κ1) is 9.33. The van der Waals surface area contributed by atoms with Gasteiger partial charge >= 0.3 is 0 Å². The van der Waals surface area contributed by atoms with Crippen LogP contribution in [0.3, 0.4) is 0 Å². The number of nitrogens with zero attached hydrogens (tertiary/aromatic N) is 2. The molecule has 1 aromatic heterocycles. The fourth-order valence-electron chi connectivity index (χ4n) is 2.44. The molecule has 1 aromatic rings. The lowest BCUT2D eigenvalue weighted by Gasteiger charge is -2.33. The van der Waals surface area contributed by atoms with Crippen LogP contribution in [-0.4, -0.2) is 40.4 Å². The van der Waals surface area contributed by atoms with Crippen molar-refractivity contribution in [1.82, 2.24) is 15.1 Å². The predicted molar refractivity (Wildman–Crippen MR) is 55.0 cm³/mol. The summed E-state index contributed by atoms with van der Waals surface area (Å²) < 4.78 is 5.49. The van der Waals surface area contributed by atoms with Gasteiger partial charge in [0.15, 0.2) is 0 Å². The first-order valence-electron chi connectivity index (χ1n) is 5.41. The summed E-state index contributed by atoms with van der Waals surface area (Å²) in [7, 11) is 0. The fourth-order valence-corrected chi connectivity index (χ4v) is 2.44. The molecule has 0 bridgehead atoms. The molecule has 5 heteroatoms. The Kier molecular flexibility index (Phi) is 2.23. The second kappa shape index (κ2) is 3.59. The van der Waals surface area contributed by atoms with Gasteiger partial charge < -0.3 is 10.5 Å². The highest BCUT2D eigenvalue weighted by atomic mass is 16.5. The Bertz CT molecular complexity index is 330. The minimum atomic E-state index is 0.195. The van der Waals surface area contributed by atoms with Crippen LogP contribution < -0.4 is 5.73 Å². The summed E-state index contributed by atoms with van der Waals surface area (Å²) in [4.78, 5) is 2.42. The standard InChI is InChI=1S/C10H16N4O/c11-8-1-9(6-15-5-8)14-3-7-2-12-13-10(7)4-14/h2,8-9H,1,3-6,11H2,(H,12,13)/t8-,9+/m0/s1. The number of nitrogens with one attached hydrogen (secondary N) is 1. The highest BCUT2D eigenvalue weighted by Gasteiger charge is 2.30. The molecule has 1 fully saturated rings. The average molecular weight is 208 g/mol. The fraction of sp³-hybridized carbons (Fsp3) is 0.700. The van der Waals surface area contributed by atoms with E-state index in [4.69, 9.17) is 10.5 Å². The maximum absolute atomic E-state index is 5.90. The third-order valence-corrected chi connectivity index (χ3v) is 3.28. The minimum Gasteiger partial charge on any atom is -0.378 e. The molecule has 0 saturated carbocycles. The zero-order chi connectivity index (χ0) is 10.3. The number of rotatable bonds is 1. The smallest absolute Gasteiger partial charge is 0.0623 e. The van der Waals surface area contributed by atoms with E-state index in [1.807, 2.05) is 6.20 Å². The molecule has 2 aliphatic rings. The van der Waals surface area contributed by atoms with Crippen LogP contribution in [0.5, 0.6) is 0 Å². The Balaban J connectivity index is 1.68. The number of hydrogen-bond donors (Lipinski definition) is 2. The maximum Gasteiger partial charge on any atom is 0.0623 e. The van der Waals surface area contributed by atoms with E-state index in [2.05, 4.69) is 15.1 Å². The largest absolute Gasteiger partial charge is 0.378 e. The van der Waals surface area contributed by atoms with Crippen LogP contribution in [0, 0.1) is 0 Å². The van der Waals surface area contributed by atoms with Crippen molar-refractivity contribution in [1.29, 1.82) is 0 Å². The van der Waals surface area contributed by atoms with Gasteiger partial charge in [-0.1, -0.05) is 0 Å². The molecule has 0 spiro atoms. The van der Waals surface area contributed by atoms with Gasteiger partial charge in [0.2, 0.25) is 0 Å². The van der Waals surface area contributed by atoms with Crippen molar-refractivity contribution in [2.75, 3.05) is 13.2 Å². The Morgan fingerprint density at radius 2 is 2.40 bits per heavy atom. The van der Waals surface area contributed by atoms with Crippen LogP contribution in [0.25, 0.3) is 0 Å². The van der Waals surface area contributed by atoms with Gasteiger partial charge in [0.25, 0.3) is 0 Å². The summed E-state index contributed by atoms with van der Waals surface area (Å²) in [6, 6.07) is 0.662. The van der Waals surface area contributed by atoms with Gasteiger partial charge in [-0.2, -0.15) is 5.10 Å². The molecular weight excluding hydrogens is 192 g/mol. The third-order valence-electron chi connectivity index (χ3n) is 3.28. The lowest BCUT2D eigenvalue weighted by Crippen LogP contribution is -2.46. The molecule has 3 heterocycles. The molecule has 5 nitrogen and oxygen atoms in total. The van der Waals surface area contributed by atoms with Crippen molar-refractivity contribution in [3.8, 4) is 0 Å². The van der Waals surface area contributed by atoms with E-state index in [-0.39, 0.29) is 6.04 Å². The van der Waals surface area contributed by atoms with Gasteiger partial charge in [-0.3, -0.25) is 10.00 Å². The Morgan fingerprint density at radius 1 is 1.47 bits per heavy atom. The minimum absolute atomic E-state index is 0.195. The maximum atomic E-state index is 5.90. The summed E-state index contributed by atoms with van der Waals surface area (Å²) in [6.45, 7) is 3.45. The zero-order valence-corrected chi connectivity index (χ0v) is 8.65. The molecule has 0 unspecified atom stereocenters. The van der Waals surface area contributed by atoms with Crippen molar-refractivity contribution in [2.24, 2.45) is 5.73 Å². The van der Waals surface area contributed by atoms with E-state index >= 15 is 0 Å². The van der Waals surface area contributed by atoms with Crippen molar-refractivity contribution < 1.29 is 4.74 Å². The van der Waals surface area contributed by atoms with Gasteiger partial charge in [-0.15, -0.1) is 0 Å². The van der Waals surface area contributed by atoms with E-state index in [1.54, 1.807) is 0 Å². The highest BCUT2D eigenvalue weighted by molar-refractivity contribution is 5.20. The second-order valence-corrected chi connectivity index (χ2v) is 4.47. The number of aromatic amines is 1. The van der Waals surface area contributed by atoms with Crippen LogP contribution in [0.15, 0.2) is 6.20 Å². The number of H-pyrrole nitrogens is 1. The molecule has 3 rings (SSSR count). The molecular formula is C10H16N4O. The summed E-state index contributed by atoms with van der Waals surface area (Å²) in [5, 5.41) is 7.06. The molecule has 15 heavy (non-hydrogen) atoms. The van der Waals surface area contributed by atoms with Crippen LogP contribution in [0.2, 0.25) is 0 Å².